The summed E-state index contributed by atoms with van der Waals surface area (Å²) in [5.74, 6) is -0.0724. The zero-order valence-corrected chi connectivity index (χ0v) is 8.14. The molecule has 0 bridgehead atoms. The van der Waals surface area contributed by atoms with Crippen LogP contribution in [0.1, 0.15) is 18.1 Å². The second kappa shape index (κ2) is 3.47. The van der Waals surface area contributed by atoms with E-state index in [2.05, 4.69) is 5.32 Å². The van der Waals surface area contributed by atoms with Gasteiger partial charge in [0.15, 0.2) is 0 Å². The number of hydrogen-bond donors (Lipinski definition) is 2. The van der Waals surface area contributed by atoms with Crippen molar-refractivity contribution in [2.24, 2.45) is 0 Å². The van der Waals surface area contributed by atoms with Gasteiger partial charge in [0.05, 0.1) is 0 Å². The van der Waals surface area contributed by atoms with Gasteiger partial charge in [0.25, 0.3) is 0 Å². The van der Waals surface area contributed by atoms with Crippen LogP contribution in [0.5, 0.6) is 0 Å². The fourth-order valence-corrected chi connectivity index (χ4v) is 1.23. The summed E-state index contributed by atoms with van der Waals surface area (Å²) >= 11 is 0. The molecule has 3 N–H and O–H groups in total. The van der Waals surface area contributed by atoms with Gasteiger partial charge in [-0.25, -0.2) is 0 Å². The van der Waals surface area contributed by atoms with Crippen molar-refractivity contribution >= 4 is 17.3 Å². The molecule has 0 saturated carbocycles. The average Bonchev–Trinajstić information content (AvgIpc) is 2.05. The van der Waals surface area contributed by atoms with Crippen LogP contribution in [0.2, 0.25) is 0 Å². The standard InChI is InChI=1S/C10H14N2O/c1-6-4-5-9(11)7(2)10(6)12-8(3)13/h4-5H,11H2,1-3H3,(H,12,13). The van der Waals surface area contributed by atoms with Gasteiger partial charge in [0.1, 0.15) is 0 Å². The van der Waals surface area contributed by atoms with Gasteiger partial charge in [0.2, 0.25) is 5.91 Å². The van der Waals surface area contributed by atoms with Gasteiger partial charge in [-0.1, -0.05) is 6.07 Å². The number of rotatable bonds is 1. The van der Waals surface area contributed by atoms with Gasteiger partial charge in [-0.3, -0.25) is 4.79 Å². The van der Waals surface area contributed by atoms with Crippen molar-refractivity contribution in [1.29, 1.82) is 0 Å². The van der Waals surface area contributed by atoms with Crippen molar-refractivity contribution in [3.05, 3.63) is 23.3 Å². The largest absolute Gasteiger partial charge is 0.398 e. The van der Waals surface area contributed by atoms with E-state index in [9.17, 15) is 4.79 Å². The number of hydrogen-bond acceptors (Lipinski definition) is 2. The number of nitrogens with two attached hydrogens (primary N) is 1. The number of anilines is 2. The third-order valence-corrected chi connectivity index (χ3v) is 2.02. The van der Waals surface area contributed by atoms with Crippen LogP contribution in [0.25, 0.3) is 0 Å². The Hall–Kier alpha value is -1.51. The van der Waals surface area contributed by atoms with Crippen LogP contribution in [-0.2, 0) is 4.79 Å². The molecule has 1 aromatic rings. The second-order valence-corrected chi connectivity index (χ2v) is 3.15. The minimum atomic E-state index is -0.0724. The highest BCUT2D eigenvalue weighted by atomic mass is 16.1. The Bertz CT molecular complexity index is 345. The smallest absolute Gasteiger partial charge is 0.221 e. The lowest BCUT2D eigenvalue weighted by atomic mass is 10.1. The van der Waals surface area contributed by atoms with Gasteiger partial charge in [-0.15, -0.1) is 0 Å². The first-order valence-corrected chi connectivity index (χ1v) is 4.15. The van der Waals surface area contributed by atoms with Crippen molar-refractivity contribution in [1.82, 2.24) is 0 Å². The maximum atomic E-state index is 10.9. The molecule has 3 nitrogen and oxygen atoms in total. The quantitative estimate of drug-likeness (QED) is 0.645. The molecule has 0 atom stereocenters. The molecule has 0 saturated heterocycles. The highest BCUT2D eigenvalue weighted by Crippen LogP contribution is 2.24. The van der Waals surface area contributed by atoms with Crippen molar-refractivity contribution in [2.75, 3.05) is 11.1 Å². The van der Waals surface area contributed by atoms with Crippen molar-refractivity contribution in [2.45, 2.75) is 20.8 Å². The number of carbonyl (C=O) groups is 1. The molecule has 1 aromatic carbocycles. The molecule has 1 rings (SSSR count). The molecule has 0 unspecified atom stereocenters. The van der Waals surface area contributed by atoms with Gasteiger partial charge < -0.3 is 11.1 Å². The summed E-state index contributed by atoms with van der Waals surface area (Å²) in [5.41, 5.74) is 9.20. The number of aryl methyl sites for hydroxylation is 1. The molecule has 0 radical (unpaired) electrons. The van der Waals surface area contributed by atoms with E-state index in [1.54, 1.807) is 0 Å². The summed E-state index contributed by atoms with van der Waals surface area (Å²) < 4.78 is 0. The summed E-state index contributed by atoms with van der Waals surface area (Å²) in [6.45, 7) is 5.33. The molecule has 0 spiro atoms. The van der Waals surface area contributed by atoms with E-state index in [0.717, 1.165) is 16.8 Å². The van der Waals surface area contributed by atoms with Gasteiger partial charge in [-0.05, 0) is 31.0 Å². The Labute approximate surface area is 77.9 Å². The van der Waals surface area contributed by atoms with Crippen LogP contribution in [0.3, 0.4) is 0 Å². The molecule has 0 aromatic heterocycles. The number of carbonyl (C=O) groups excluding carboxylic acids is 1. The Balaban J connectivity index is 3.17. The van der Waals surface area contributed by atoms with Crippen LogP contribution in [0, 0.1) is 13.8 Å². The molecule has 13 heavy (non-hydrogen) atoms. The van der Waals surface area contributed by atoms with E-state index in [4.69, 9.17) is 5.73 Å². The minimum absolute atomic E-state index is 0.0724. The first-order chi connectivity index (χ1) is 6.02. The van der Waals surface area contributed by atoms with Gasteiger partial charge in [0, 0.05) is 18.3 Å². The van der Waals surface area contributed by atoms with Crippen molar-refractivity contribution < 1.29 is 4.79 Å². The Morgan fingerprint density at radius 1 is 1.38 bits per heavy atom. The third-order valence-electron chi connectivity index (χ3n) is 2.02. The van der Waals surface area contributed by atoms with E-state index in [-0.39, 0.29) is 5.91 Å². The first kappa shape index (κ1) is 9.58. The lowest BCUT2D eigenvalue weighted by Gasteiger charge is -2.11. The molecule has 0 fully saturated rings. The number of nitrogens with one attached hydrogen (secondary N) is 1. The Kier molecular flexibility index (Phi) is 2.56. The monoisotopic (exact) mass is 178 g/mol. The zero-order chi connectivity index (χ0) is 10.0. The molecule has 0 aliphatic rings. The SMILES string of the molecule is CC(=O)Nc1c(C)ccc(N)c1C. The highest BCUT2D eigenvalue weighted by Gasteiger charge is 2.05. The Morgan fingerprint density at radius 2 is 2.00 bits per heavy atom. The molecule has 0 aliphatic carbocycles. The second-order valence-electron chi connectivity index (χ2n) is 3.15. The number of benzene rings is 1. The fraction of sp³-hybridized carbons (Fsp3) is 0.300. The summed E-state index contributed by atoms with van der Waals surface area (Å²) in [6.07, 6.45) is 0. The lowest BCUT2D eigenvalue weighted by Crippen LogP contribution is -2.09. The third kappa shape index (κ3) is 1.99. The molecular weight excluding hydrogens is 164 g/mol. The first-order valence-electron chi connectivity index (χ1n) is 4.15. The van der Waals surface area contributed by atoms with E-state index in [1.807, 2.05) is 26.0 Å². The predicted octanol–water partition coefficient (Wildman–Crippen LogP) is 1.84. The van der Waals surface area contributed by atoms with E-state index in [0.29, 0.717) is 5.69 Å². The number of nitrogen functional groups attached to an aromatic ring is 1. The van der Waals surface area contributed by atoms with E-state index >= 15 is 0 Å². The number of amides is 1. The summed E-state index contributed by atoms with van der Waals surface area (Å²) in [7, 11) is 0. The minimum Gasteiger partial charge on any atom is -0.398 e. The summed E-state index contributed by atoms with van der Waals surface area (Å²) in [6, 6.07) is 3.74. The van der Waals surface area contributed by atoms with Gasteiger partial charge in [-0.2, -0.15) is 0 Å². The summed E-state index contributed by atoms with van der Waals surface area (Å²) in [5, 5.41) is 2.76. The normalized spacial score (nSPS) is 9.77. The van der Waals surface area contributed by atoms with Crippen LogP contribution >= 0.6 is 0 Å². The average molecular weight is 178 g/mol. The van der Waals surface area contributed by atoms with Crippen LogP contribution in [0.4, 0.5) is 11.4 Å². The van der Waals surface area contributed by atoms with Crippen molar-refractivity contribution in [3.63, 3.8) is 0 Å². The highest BCUT2D eigenvalue weighted by molar-refractivity contribution is 5.91. The van der Waals surface area contributed by atoms with Crippen LogP contribution < -0.4 is 11.1 Å². The molecule has 0 aliphatic heterocycles. The molecule has 0 heterocycles. The van der Waals surface area contributed by atoms with E-state index < -0.39 is 0 Å². The maximum absolute atomic E-state index is 10.9. The maximum Gasteiger partial charge on any atom is 0.221 e. The zero-order valence-electron chi connectivity index (χ0n) is 8.14. The predicted molar refractivity (Wildman–Crippen MR) is 54.6 cm³/mol. The topological polar surface area (TPSA) is 55.1 Å². The van der Waals surface area contributed by atoms with Gasteiger partial charge >= 0.3 is 0 Å². The van der Waals surface area contributed by atoms with Crippen LogP contribution in [-0.4, -0.2) is 5.91 Å². The fourth-order valence-electron chi connectivity index (χ4n) is 1.23. The van der Waals surface area contributed by atoms with Crippen molar-refractivity contribution in [3.8, 4) is 0 Å². The molecule has 1 amide bonds. The van der Waals surface area contributed by atoms with Crippen LogP contribution in [0.15, 0.2) is 12.1 Å². The Morgan fingerprint density at radius 3 is 2.54 bits per heavy atom. The van der Waals surface area contributed by atoms with E-state index in [1.165, 1.54) is 6.92 Å². The molecule has 3 heteroatoms. The molecule has 70 valence electrons. The lowest BCUT2D eigenvalue weighted by molar-refractivity contribution is -0.114. The summed E-state index contributed by atoms with van der Waals surface area (Å²) in [4.78, 5) is 10.9. The molecular formula is C10H14N2O.